The zero-order valence-electron chi connectivity index (χ0n) is 8.78. The molecule has 2 rings (SSSR count). The van der Waals surface area contributed by atoms with Crippen LogP contribution >= 0.6 is 0 Å². The lowest BCUT2D eigenvalue weighted by Crippen LogP contribution is -2.29. The summed E-state index contributed by atoms with van der Waals surface area (Å²) in [4.78, 5) is 1.80. The molecule has 1 aliphatic heterocycles. The van der Waals surface area contributed by atoms with Crippen LogP contribution in [0, 0.1) is 0 Å². The Morgan fingerprint density at radius 1 is 1.41 bits per heavy atom. The monoisotopic (exact) mass is 270 g/mol. The molecule has 0 unspecified atom stereocenters. The van der Waals surface area contributed by atoms with E-state index in [4.69, 9.17) is 0 Å². The van der Waals surface area contributed by atoms with Crippen LogP contribution < -0.4 is 0 Å². The van der Waals surface area contributed by atoms with Crippen molar-refractivity contribution in [3.63, 3.8) is 0 Å². The predicted octanol–water partition coefficient (Wildman–Crippen LogP) is 0.956. The molecular formula is C8H9F3N2O3S. The van der Waals surface area contributed by atoms with Crippen molar-refractivity contribution in [2.45, 2.75) is 23.5 Å². The molecule has 0 N–H and O–H groups in total. The number of hydrogen-bond donors (Lipinski definition) is 0. The van der Waals surface area contributed by atoms with Gasteiger partial charge in [0.1, 0.15) is 0 Å². The summed E-state index contributed by atoms with van der Waals surface area (Å²) >= 11 is 0. The first-order valence-corrected chi connectivity index (χ1v) is 6.19. The summed E-state index contributed by atoms with van der Waals surface area (Å²) in [5.74, 6) is 0.182. The zero-order valence-corrected chi connectivity index (χ0v) is 9.60. The molecule has 0 aliphatic carbocycles. The van der Waals surface area contributed by atoms with Crippen LogP contribution in [0.2, 0.25) is 0 Å². The molecule has 96 valence electrons. The molecule has 0 spiro atoms. The minimum Gasteiger partial charge on any atom is -0.358 e. The number of likely N-dealkylation sites (N-methyl/N-ethyl adjacent to an activating group) is 1. The van der Waals surface area contributed by atoms with Crippen LogP contribution in [0.3, 0.4) is 0 Å². The number of alkyl halides is 3. The molecule has 0 aromatic carbocycles. The van der Waals surface area contributed by atoms with Crippen LogP contribution in [0.25, 0.3) is 0 Å². The van der Waals surface area contributed by atoms with Crippen LogP contribution in [-0.2, 0) is 22.8 Å². The standard InChI is InChI=1S/C8H9F3N2O3S/c1-13-3-2-5-6(4-13)16-12-7(5)17(14,15)8(9,10)11/h2-4H2,1H3. The quantitative estimate of drug-likeness (QED) is 0.760. The molecule has 0 atom stereocenters. The maximum atomic E-state index is 12.4. The molecule has 0 saturated heterocycles. The molecule has 2 heterocycles. The van der Waals surface area contributed by atoms with Gasteiger partial charge in [-0.05, 0) is 13.5 Å². The Labute approximate surface area is 95.1 Å². The van der Waals surface area contributed by atoms with Crippen molar-refractivity contribution in [1.29, 1.82) is 0 Å². The highest BCUT2D eigenvalue weighted by atomic mass is 32.2. The zero-order chi connectivity index (χ0) is 12.8. The highest BCUT2D eigenvalue weighted by Crippen LogP contribution is 2.34. The first kappa shape index (κ1) is 12.4. The van der Waals surface area contributed by atoms with Crippen molar-refractivity contribution in [2.75, 3.05) is 13.6 Å². The minimum atomic E-state index is -5.42. The van der Waals surface area contributed by atoms with E-state index in [9.17, 15) is 21.6 Å². The van der Waals surface area contributed by atoms with Crippen molar-refractivity contribution in [2.24, 2.45) is 0 Å². The fraction of sp³-hybridized carbons (Fsp3) is 0.625. The summed E-state index contributed by atoms with van der Waals surface area (Å²) in [6.45, 7) is 0.726. The smallest absolute Gasteiger partial charge is 0.358 e. The third-order valence-electron chi connectivity index (χ3n) is 2.55. The number of hydrogen-bond acceptors (Lipinski definition) is 5. The van der Waals surface area contributed by atoms with Crippen molar-refractivity contribution in [3.05, 3.63) is 11.3 Å². The van der Waals surface area contributed by atoms with Crippen LogP contribution in [0.15, 0.2) is 9.55 Å². The lowest BCUT2D eigenvalue weighted by molar-refractivity contribution is -0.0439. The number of sulfone groups is 1. The molecule has 1 aromatic heterocycles. The van der Waals surface area contributed by atoms with Crippen LogP contribution in [0.4, 0.5) is 13.2 Å². The van der Waals surface area contributed by atoms with E-state index in [1.165, 1.54) is 0 Å². The van der Waals surface area contributed by atoms with E-state index in [1.54, 1.807) is 11.9 Å². The van der Waals surface area contributed by atoms with E-state index < -0.39 is 20.4 Å². The van der Waals surface area contributed by atoms with E-state index in [0.29, 0.717) is 6.54 Å². The predicted molar refractivity (Wildman–Crippen MR) is 49.8 cm³/mol. The minimum absolute atomic E-state index is 0.0421. The molecule has 17 heavy (non-hydrogen) atoms. The number of nitrogens with zero attached hydrogens (tertiary/aromatic N) is 2. The highest BCUT2D eigenvalue weighted by Gasteiger charge is 2.50. The Morgan fingerprint density at radius 2 is 2.06 bits per heavy atom. The van der Waals surface area contributed by atoms with Crippen molar-refractivity contribution in [3.8, 4) is 0 Å². The lowest BCUT2D eigenvalue weighted by atomic mass is 10.1. The maximum absolute atomic E-state index is 12.4. The normalized spacial score (nSPS) is 18.1. The molecule has 9 heteroatoms. The van der Waals surface area contributed by atoms with E-state index >= 15 is 0 Å². The van der Waals surface area contributed by atoms with Gasteiger partial charge in [-0.15, -0.1) is 0 Å². The summed E-state index contributed by atoms with van der Waals surface area (Å²) in [7, 11) is -3.66. The van der Waals surface area contributed by atoms with Crippen LogP contribution in [-0.4, -0.2) is 37.6 Å². The first-order chi connectivity index (χ1) is 7.73. The van der Waals surface area contributed by atoms with Gasteiger partial charge in [-0.2, -0.15) is 13.2 Å². The first-order valence-electron chi connectivity index (χ1n) is 4.71. The van der Waals surface area contributed by atoms with Gasteiger partial charge in [-0.3, -0.25) is 4.90 Å². The Morgan fingerprint density at radius 3 is 2.65 bits per heavy atom. The largest absolute Gasteiger partial charge is 0.503 e. The van der Waals surface area contributed by atoms with Gasteiger partial charge in [-0.25, -0.2) is 8.42 Å². The van der Waals surface area contributed by atoms with Gasteiger partial charge in [-0.1, -0.05) is 5.16 Å². The molecular weight excluding hydrogens is 261 g/mol. The third-order valence-corrected chi connectivity index (χ3v) is 3.99. The maximum Gasteiger partial charge on any atom is 0.503 e. The number of fused-ring (bicyclic) bond motifs is 1. The van der Waals surface area contributed by atoms with E-state index in [2.05, 4.69) is 9.68 Å². The molecule has 1 aromatic rings. The van der Waals surface area contributed by atoms with Crippen LogP contribution in [0.1, 0.15) is 11.3 Å². The average Bonchev–Trinajstić information content (AvgIpc) is 2.58. The number of aromatic nitrogens is 1. The summed E-state index contributed by atoms with van der Waals surface area (Å²) in [5.41, 5.74) is -5.30. The molecule has 5 nitrogen and oxygen atoms in total. The molecule has 0 fully saturated rings. The summed E-state index contributed by atoms with van der Waals surface area (Å²) < 4.78 is 64.2. The summed E-state index contributed by atoms with van der Waals surface area (Å²) in [6.07, 6.45) is 0.181. The van der Waals surface area contributed by atoms with Gasteiger partial charge in [0.25, 0.3) is 9.84 Å². The van der Waals surface area contributed by atoms with Gasteiger partial charge < -0.3 is 4.52 Å². The molecule has 0 radical (unpaired) electrons. The Bertz CT molecular complexity index is 535. The SMILES string of the molecule is CN1CCc2c(S(=O)(=O)C(F)(F)F)noc2C1. The fourth-order valence-corrected chi connectivity index (χ4v) is 2.54. The third kappa shape index (κ3) is 1.93. The molecule has 0 saturated carbocycles. The Hall–Kier alpha value is -1.09. The van der Waals surface area contributed by atoms with Crippen molar-refractivity contribution < 1.29 is 26.1 Å². The van der Waals surface area contributed by atoms with Gasteiger partial charge in [0.15, 0.2) is 5.76 Å². The van der Waals surface area contributed by atoms with Crippen LogP contribution in [0.5, 0.6) is 0 Å². The second-order valence-electron chi connectivity index (χ2n) is 3.83. The van der Waals surface area contributed by atoms with Crippen molar-refractivity contribution in [1.82, 2.24) is 10.1 Å². The Kier molecular flexibility index (Phi) is 2.69. The number of halogens is 3. The van der Waals surface area contributed by atoms with Gasteiger partial charge in [0, 0.05) is 12.1 Å². The van der Waals surface area contributed by atoms with Gasteiger partial charge >= 0.3 is 5.51 Å². The van der Waals surface area contributed by atoms with E-state index in [1.807, 2.05) is 0 Å². The molecule has 0 bridgehead atoms. The lowest BCUT2D eigenvalue weighted by Gasteiger charge is -2.20. The molecule has 1 aliphatic rings. The van der Waals surface area contributed by atoms with E-state index in [-0.39, 0.29) is 24.3 Å². The van der Waals surface area contributed by atoms with E-state index in [0.717, 1.165) is 0 Å². The summed E-state index contributed by atoms with van der Waals surface area (Å²) in [5, 5.41) is 2.07. The van der Waals surface area contributed by atoms with Gasteiger partial charge in [0.05, 0.1) is 6.54 Å². The number of rotatable bonds is 1. The molecule has 0 amide bonds. The second-order valence-corrected chi connectivity index (χ2v) is 5.68. The fourth-order valence-electron chi connectivity index (χ4n) is 1.64. The Balaban J connectivity index is 2.50. The highest BCUT2D eigenvalue weighted by molar-refractivity contribution is 7.92. The summed E-state index contributed by atoms with van der Waals surface area (Å²) in [6, 6.07) is 0. The topological polar surface area (TPSA) is 63.4 Å². The van der Waals surface area contributed by atoms with Gasteiger partial charge in [0.2, 0.25) is 5.03 Å². The average molecular weight is 270 g/mol. The van der Waals surface area contributed by atoms with Crippen molar-refractivity contribution >= 4 is 9.84 Å². The second kappa shape index (κ2) is 3.70.